The first-order valence-electron chi connectivity index (χ1n) is 28.1. The fraction of sp³-hybridized carbons (Fsp3) is 0.216. The molecule has 0 amide bonds. The monoisotopic (exact) mass is 1010 g/mol. The molecule has 3 nitrogen and oxygen atoms in total. The number of benzene rings is 11. The van der Waals surface area contributed by atoms with E-state index in [9.17, 15) is 0 Å². The third-order valence-electron chi connectivity index (χ3n) is 17.2. The van der Waals surface area contributed by atoms with E-state index in [1.807, 2.05) is 0 Å². The SMILES string of the molecule is CC(C)(C)c1cc(N2c3cc4cc5ccccc5cc4cc3B3c4cc5cc6ccccc6cc5cc4N(c4cc(C(C)(C)C)cc(C(C)(C)C)c4)c4cc(-c5ccc6oc7ccccc7c6c5)cc2c43)cc(C(C)(C)C)c1. The van der Waals surface area contributed by atoms with E-state index < -0.39 is 0 Å². The Kier molecular flexibility index (Phi) is 10.4. The van der Waals surface area contributed by atoms with E-state index in [4.69, 9.17) is 4.42 Å². The van der Waals surface area contributed by atoms with Crippen LogP contribution in [0.25, 0.3) is 76.2 Å². The molecule has 14 rings (SSSR count). The standard InChI is InChI=1S/C74H67BN2O/c1-71(2,3)54-38-55(72(4,5)6)41-58(40-54)76-64-34-51-29-46-21-15-13-19-44(46)27-49(51)32-62(64)75-63-33-50-28-45-20-14-16-22-47(45)30-52(50)35-65(63)77(59-42-56(73(7,8)9)39-57(43-59)74(10,11)12)67-37-53(36-66(76)70(67)75)48-25-26-69-61(31-48)60-23-17-18-24-68(60)78-69/h13-43H,1-12H3. The first-order valence-corrected chi connectivity index (χ1v) is 28.1. The lowest BCUT2D eigenvalue weighted by Crippen LogP contribution is -2.61. The van der Waals surface area contributed by atoms with Gasteiger partial charge in [-0.05, 0) is 206 Å². The Morgan fingerprint density at radius 3 is 1.12 bits per heavy atom. The summed E-state index contributed by atoms with van der Waals surface area (Å²) in [7, 11) is 0. The summed E-state index contributed by atoms with van der Waals surface area (Å²) in [6, 6.07) is 72.6. The molecule has 78 heavy (non-hydrogen) atoms. The molecule has 0 atom stereocenters. The van der Waals surface area contributed by atoms with Gasteiger partial charge in [0.1, 0.15) is 11.2 Å². The van der Waals surface area contributed by atoms with E-state index >= 15 is 0 Å². The minimum Gasteiger partial charge on any atom is -0.456 e. The summed E-state index contributed by atoms with van der Waals surface area (Å²) in [5.74, 6) is 0. The molecule has 0 N–H and O–H groups in total. The van der Waals surface area contributed by atoms with Gasteiger partial charge in [0.05, 0.1) is 0 Å². The third-order valence-corrected chi connectivity index (χ3v) is 17.2. The Balaban J connectivity index is 1.17. The Bertz CT molecular complexity index is 4220. The largest absolute Gasteiger partial charge is 0.456 e. The number of rotatable bonds is 3. The minimum atomic E-state index is -0.104. The van der Waals surface area contributed by atoms with E-state index in [-0.39, 0.29) is 28.4 Å². The van der Waals surface area contributed by atoms with E-state index in [1.54, 1.807) is 0 Å². The van der Waals surface area contributed by atoms with Gasteiger partial charge in [0.15, 0.2) is 0 Å². The molecule has 11 aromatic carbocycles. The van der Waals surface area contributed by atoms with Gasteiger partial charge in [0, 0.05) is 44.9 Å². The maximum atomic E-state index is 6.49. The Labute approximate surface area is 460 Å². The van der Waals surface area contributed by atoms with Crippen molar-refractivity contribution >= 4 is 122 Å². The molecule has 12 aromatic rings. The van der Waals surface area contributed by atoms with E-state index in [0.717, 1.165) is 33.1 Å². The number of nitrogens with zero attached hydrogens (tertiary/aromatic N) is 2. The predicted octanol–water partition coefficient (Wildman–Crippen LogP) is 19.1. The lowest BCUT2D eigenvalue weighted by Gasteiger charge is -2.45. The summed E-state index contributed by atoms with van der Waals surface area (Å²) in [4.78, 5) is 5.31. The number of furan rings is 1. The van der Waals surface area contributed by atoms with Gasteiger partial charge >= 0.3 is 0 Å². The van der Waals surface area contributed by atoms with Crippen LogP contribution in [0.1, 0.15) is 105 Å². The van der Waals surface area contributed by atoms with Crippen LogP contribution in [0.3, 0.4) is 0 Å². The zero-order valence-electron chi connectivity index (χ0n) is 47.3. The predicted molar refractivity (Wildman–Crippen MR) is 338 cm³/mol. The van der Waals surface area contributed by atoms with Crippen LogP contribution in [0.4, 0.5) is 34.1 Å². The van der Waals surface area contributed by atoms with Crippen LogP contribution in [-0.2, 0) is 21.7 Å². The molecule has 0 saturated carbocycles. The van der Waals surface area contributed by atoms with Crippen LogP contribution in [0.2, 0.25) is 0 Å². The average molecular weight is 1010 g/mol. The molecular weight excluding hydrogens is 944 g/mol. The number of para-hydroxylation sites is 1. The third kappa shape index (κ3) is 7.77. The molecule has 2 aliphatic rings. The fourth-order valence-electron chi connectivity index (χ4n) is 12.7. The average Bonchev–Trinajstić information content (AvgIpc) is 3.27. The summed E-state index contributed by atoms with van der Waals surface area (Å²) in [5, 5.41) is 12.2. The van der Waals surface area contributed by atoms with Crippen LogP contribution >= 0.6 is 0 Å². The van der Waals surface area contributed by atoms with Crippen LogP contribution in [-0.4, -0.2) is 6.71 Å². The van der Waals surface area contributed by atoms with Crippen LogP contribution in [0.5, 0.6) is 0 Å². The highest BCUT2D eigenvalue weighted by atomic mass is 16.3. The van der Waals surface area contributed by atoms with Crippen LogP contribution < -0.4 is 26.2 Å². The quantitative estimate of drug-likeness (QED) is 0.130. The first kappa shape index (κ1) is 48.3. The van der Waals surface area contributed by atoms with Gasteiger partial charge in [-0.2, -0.15) is 0 Å². The second-order valence-corrected chi connectivity index (χ2v) is 26.8. The molecule has 3 heterocycles. The second-order valence-electron chi connectivity index (χ2n) is 26.8. The molecule has 382 valence electrons. The Hall–Kier alpha value is -8.08. The summed E-state index contributed by atoms with van der Waals surface area (Å²) in [5.41, 5.74) is 20.1. The van der Waals surface area contributed by atoms with Gasteiger partial charge in [0.25, 0.3) is 6.71 Å². The zero-order valence-corrected chi connectivity index (χ0v) is 47.3. The second kappa shape index (κ2) is 16.7. The Morgan fingerprint density at radius 1 is 0.308 bits per heavy atom. The van der Waals surface area contributed by atoms with Gasteiger partial charge < -0.3 is 14.2 Å². The molecular formula is C74H67BN2O. The highest BCUT2D eigenvalue weighted by Crippen LogP contribution is 2.50. The lowest BCUT2D eigenvalue weighted by atomic mass is 9.33. The Morgan fingerprint density at radius 2 is 0.692 bits per heavy atom. The molecule has 4 heteroatoms. The van der Waals surface area contributed by atoms with Crippen molar-refractivity contribution in [2.75, 3.05) is 9.80 Å². The molecule has 0 saturated heterocycles. The topological polar surface area (TPSA) is 19.6 Å². The number of fused-ring (bicyclic) bond motifs is 11. The van der Waals surface area contributed by atoms with Crippen molar-refractivity contribution in [3.8, 4) is 11.1 Å². The van der Waals surface area contributed by atoms with Crippen molar-refractivity contribution in [2.24, 2.45) is 0 Å². The van der Waals surface area contributed by atoms with E-state index in [2.05, 4.69) is 281 Å². The highest BCUT2D eigenvalue weighted by Gasteiger charge is 2.45. The van der Waals surface area contributed by atoms with Gasteiger partial charge in [-0.25, -0.2) is 0 Å². The smallest absolute Gasteiger partial charge is 0.252 e. The van der Waals surface area contributed by atoms with Gasteiger partial charge in [-0.15, -0.1) is 0 Å². The van der Waals surface area contributed by atoms with E-state index in [0.29, 0.717) is 0 Å². The summed E-state index contributed by atoms with van der Waals surface area (Å²) >= 11 is 0. The molecule has 0 spiro atoms. The summed E-state index contributed by atoms with van der Waals surface area (Å²) in [6.07, 6.45) is 0. The van der Waals surface area contributed by atoms with Crippen molar-refractivity contribution in [1.29, 1.82) is 0 Å². The van der Waals surface area contributed by atoms with Crippen LogP contribution in [0, 0.1) is 0 Å². The molecule has 0 bridgehead atoms. The zero-order chi connectivity index (χ0) is 53.9. The van der Waals surface area contributed by atoms with Crippen molar-refractivity contribution < 1.29 is 4.42 Å². The molecule has 0 fully saturated rings. The van der Waals surface area contributed by atoms with Crippen molar-refractivity contribution in [3.05, 3.63) is 210 Å². The summed E-state index contributed by atoms with van der Waals surface area (Å²) < 4.78 is 6.49. The van der Waals surface area contributed by atoms with Crippen molar-refractivity contribution in [3.63, 3.8) is 0 Å². The normalized spacial score (nSPS) is 13.8. The summed E-state index contributed by atoms with van der Waals surface area (Å²) in [6.45, 7) is 28.2. The number of anilines is 6. The van der Waals surface area contributed by atoms with E-state index in [1.165, 1.54) is 116 Å². The van der Waals surface area contributed by atoms with Gasteiger partial charge in [-0.3, -0.25) is 0 Å². The van der Waals surface area contributed by atoms with Gasteiger partial charge in [-0.1, -0.05) is 180 Å². The minimum absolute atomic E-state index is 0.102. The van der Waals surface area contributed by atoms with Gasteiger partial charge in [0.2, 0.25) is 0 Å². The molecule has 0 aliphatic carbocycles. The van der Waals surface area contributed by atoms with Crippen molar-refractivity contribution in [2.45, 2.75) is 105 Å². The molecule has 0 unspecified atom stereocenters. The molecule has 1 aromatic heterocycles. The number of hydrogen-bond acceptors (Lipinski definition) is 3. The molecule has 2 aliphatic heterocycles. The molecule has 0 radical (unpaired) electrons. The maximum Gasteiger partial charge on any atom is 0.252 e. The fourth-order valence-corrected chi connectivity index (χ4v) is 12.7. The van der Waals surface area contributed by atoms with Crippen LogP contribution in [0.15, 0.2) is 192 Å². The highest BCUT2D eigenvalue weighted by molar-refractivity contribution is 7.00. The first-order chi connectivity index (χ1) is 37.1. The lowest BCUT2D eigenvalue weighted by molar-refractivity contribution is 0.568. The maximum absolute atomic E-state index is 6.49. The van der Waals surface area contributed by atoms with Crippen molar-refractivity contribution in [1.82, 2.24) is 0 Å². The number of hydrogen-bond donors (Lipinski definition) is 0.